The number of hydrogen-bond acceptors (Lipinski definition) is 5. The van der Waals surface area contributed by atoms with Crippen molar-refractivity contribution in [1.29, 1.82) is 0 Å². The van der Waals surface area contributed by atoms with E-state index in [-0.39, 0.29) is 22.5 Å². The second-order valence-electron chi connectivity index (χ2n) is 8.54. The summed E-state index contributed by atoms with van der Waals surface area (Å²) in [4.78, 5) is 12.6. The molecule has 2 aliphatic heterocycles. The van der Waals surface area contributed by atoms with Gasteiger partial charge in [0.15, 0.2) is 6.23 Å². The van der Waals surface area contributed by atoms with E-state index in [2.05, 4.69) is 12.1 Å². The molecule has 0 spiro atoms. The lowest BCUT2D eigenvalue weighted by Crippen LogP contribution is -2.43. The fourth-order valence-corrected chi connectivity index (χ4v) is 6.37. The van der Waals surface area contributed by atoms with Gasteiger partial charge >= 0.3 is 5.97 Å². The van der Waals surface area contributed by atoms with Gasteiger partial charge in [-0.2, -0.15) is 4.31 Å². The molecular formula is C26H25NO5S. The van der Waals surface area contributed by atoms with E-state index in [1.165, 1.54) is 11.4 Å². The fourth-order valence-electron chi connectivity index (χ4n) is 4.80. The Morgan fingerprint density at radius 1 is 1.03 bits per heavy atom. The minimum absolute atomic E-state index is 0.0444. The van der Waals surface area contributed by atoms with Crippen molar-refractivity contribution >= 4 is 26.8 Å². The van der Waals surface area contributed by atoms with Crippen molar-refractivity contribution in [3.63, 3.8) is 0 Å². The van der Waals surface area contributed by atoms with Gasteiger partial charge in [0.2, 0.25) is 15.8 Å². The third kappa shape index (κ3) is 3.81. The van der Waals surface area contributed by atoms with Crippen LogP contribution in [0.25, 0.3) is 10.8 Å². The average molecular weight is 464 g/mol. The second-order valence-corrected chi connectivity index (χ2v) is 10.4. The smallest absolute Gasteiger partial charge is 0.373 e. The number of allylic oxidation sites excluding steroid dienone is 1. The van der Waals surface area contributed by atoms with E-state index in [1.54, 1.807) is 30.3 Å². The lowest BCUT2D eigenvalue weighted by molar-refractivity contribution is -0.144. The second kappa shape index (κ2) is 8.32. The van der Waals surface area contributed by atoms with E-state index >= 15 is 0 Å². The van der Waals surface area contributed by atoms with E-state index in [1.807, 2.05) is 37.3 Å². The van der Waals surface area contributed by atoms with Gasteiger partial charge < -0.3 is 9.47 Å². The molecule has 0 amide bonds. The van der Waals surface area contributed by atoms with Crippen molar-refractivity contribution in [2.45, 2.75) is 30.4 Å². The summed E-state index contributed by atoms with van der Waals surface area (Å²) in [5.74, 6) is -0.873. The maximum atomic E-state index is 13.5. The lowest BCUT2D eigenvalue weighted by atomic mass is 9.82. The lowest BCUT2D eigenvalue weighted by Gasteiger charge is -2.35. The molecule has 3 aromatic rings. The van der Waals surface area contributed by atoms with Gasteiger partial charge in [-0.15, -0.1) is 0 Å². The highest BCUT2D eigenvalue weighted by Crippen LogP contribution is 2.45. The molecule has 0 unspecified atom stereocenters. The van der Waals surface area contributed by atoms with Gasteiger partial charge in [-0.25, -0.2) is 13.2 Å². The first-order valence-electron chi connectivity index (χ1n) is 10.9. The zero-order chi connectivity index (χ0) is 23.2. The Labute approximate surface area is 193 Å². The average Bonchev–Trinajstić information content (AvgIpc) is 3.28. The van der Waals surface area contributed by atoms with Crippen LogP contribution in [0.15, 0.2) is 83.5 Å². The number of sulfonamides is 1. The number of rotatable bonds is 4. The van der Waals surface area contributed by atoms with Crippen molar-refractivity contribution in [3.8, 4) is 0 Å². The monoisotopic (exact) mass is 463 g/mol. The van der Waals surface area contributed by atoms with Gasteiger partial charge in [0.25, 0.3) is 0 Å². The summed E-state index contributed by atoms with van der Waals surface area (Å²) in [6, 6.07) is 21.0. The Morgan fingerprint density at radius 2 is 1.76 bits per heavy atom. The maximum Gasteiger partial charge on any atom is 0.373 e. The Hall–Kier alpha value is -3.16. The SMILES string of the molecule is COC(=O)C1=C[C@H](c2ccc3ccccc3c2)[C@@H]2CCN(S(=O)(=O)c3ccc(C)cc3)[C@@H]2O1. The number of esters is 1. The Bertz CT molecular complexity index is 1350. The van der Waals surface area contributed by atoms with Crippen LogP contribution in [0.3, 0.4) is 0 Å². The molecule has 170 valence electrons. The first-order chi connectivity index (χ1) is 15.9. The zero-order valence-electron chi connectivity index (χ0n) is 18.5. The number of hydrogen-bond donors (Lipinski definition) is 0. The highest BCUT2D eigenvalue weighted by Gasteiger charge is 2.49. The van der Waals surface area contributed by atoms with Gasteiger partial charge in [0.05, 0.1) is 12.0 Å². The van der Waals surface area contributed by atoms with Crippen LogP contribution in [0, 0.1) is 12.8 Å². The van der Waals surface area contributed by atoms with Gasteiger partial charge in [-0.1, -0.05) is 60.2 Å². The van der Waals surface area contributed by atoms with Crippen molar-refractivity contribution in [3.05, 3.63) is 89.7 Å². The molecule has 2 aliphatic rings. The molecule has 33 heavy (non-hydrogen) atoms. The summed E-state index contributed by atoms with van der Waals surface area (Å²) in [7, 11) is -2.50. The molecule has 7 heteroatoms. The Morgan fingerprint density at radius 3 is 2.48 bits per heavy atom. The van der Waals surface area contributed by atoms with Crippen LogP contribution in [0.4, 0.5) is 0 Å². The van der Waals surface area contributed by atoms with Crippen LogP contribution in [-0.2, 0) is 24.3 Å². The van der Waals surface area contributed by atoms with E-state index in [0.29, 0.717) is 13.0 Å². The number of ether oxygens (including phenoxy) is 2. The minimum atomic E-state index is -3.79. The van der Waals surface area contributed by atoms with Gasteiger partial charge in [-0.3, -0.25) is 0 Å². The van der Waals surface area contributed by atoms with Crippen molar-refractivity contribution in [2.24, 2.45) is 5.92 Å². The molecule has 3 atom stereocenters. The number of aryl methyl sites for hydroxylation is 1. The minimum Gasteiger partial charge on any atom is -0.466 e. The highest BCUT2D eigenvalue weighted by atomic mass is 32.2. The zero-order valence-corrected chi connectivity index (χ0v) is 19.3. The maximum absolute atomic E-state index is 13.5. The Balaban J connectivity index is 1.56. The van der Waals surface area contributed by atoms with Crippen molar-refractivity contribution < 1.29 is 22.7 Å². The van der Waals surface area contributed by atoms with Gasteiger partial charge in [0, 0.05) is 18.4 Å². The largest absolute Gasteiger partial charge is 0.466 e. The van der Waals surface area contributed by atoms with E-state index < -0.39 is 22.2 Å². The summed E-state index contributed by atoms with van der Waals surface area (Å²) in [6.07, 6.45) is 1.61. The highest BCUT2D eigenvalue weighted by molar-refractivity contribution is 7.89. The van der Waals surface area contributed by atoms with Gasteiger partial charge in [-0.05, 0) is 47.9 Å². The molecule has 3 aromatic carbocycles. The molecular weight excluding hydrogens is 438 g/mol. The van der Waals surface area contributed by atoms with Crippen molar-refractivity contribution in [1.82, 2.24) is 4.31 Å². The van der Waals surface area contributed by atoms with Crippen molar-refractivity contribution in [2.75, 3.05) is 13.7 Å². The standard InChI is InChI=1S/C26H25NO5S/c1-17-7-11-21(12-8-17)33(29,30)27-14-13-22-23(16-24(26(28)31-2)32-25(22)27)20-10-9-18-5-3-4-6-19(18)15-20/h3-12,15-16,22-23,25H,13-14H2,1-2H3/t22-,23+,25+/m0/s1. The van der Waals surface area contributed by atoms with E-state index in [0.717, 1.165) is 21.9 Å². The van der Waals surface area contributed by atoms with Crippen LogP contribution in [0.2, 0.25) is 0 Å². The van der Waals surface area contributed by atoms with E-state index in [4.69, 9.17) is 9.47 Å². The summed E-state index contributed by atoms with van der Waals surface area (Å²) >= 11 is 0. The van der Waals surface area contributed by atoms with Crippen LogP contribution in [-0.4, -0.2) is 38.6 Å². The third-order valence-corrected chi connectivity index (χ3v) is 8.42. The molecule has 5 rings (SSSR count). The number of nitrogens with zero attached hydrogens (tertiary/aromatic N) is 1. The summed E-state index contributed by atoms with van der Waals surface area (Å²) < 4.78 is 39.2. The molecule has 0 aliphatic carbocycles. The fraction of sp³-hybridized carbons (Fsp3) is 0.269. The first-order valence-corrected chi connectivity index (χ1v) is 12.4. The number of carbonyl (C=O) groups is 1. The topological polar surface area (TPSA) is 72.9 Å². The van der Waals surface area contributed by atoms with Crippen LogP contribution < -0.4 is 0 Å². The number of fused-ring (bicyclic) bond motifs is 2. The molecule has 1 saturated heterocycles. The van der Waals surface area contributed by atoms with Gasteiger partial charge in [0.1, 0.15) is 0 Å². The molecule has 1 fully saturated rings. The normalized spacial score (nSPS) is 23.0. The molecule has 0 saturated carbocycles. The molecule has 0 bridgehead atoms. The van der Waals surface area contributed by atoms with Crippen LogP contribution in [0.5, 0.6) is 0 Å². The Kier molecular flexibility index (Phi) is 5.46. The number of benzene rings is 3. The predicted molar refractivity (Wildman–Crippen MR) is 125 cm³/mol. The van der Waals surface area contributed by atoms with E-state index in [9.17, 15) is 13.2 Å². The summed E-state index contributed by atoms with van der Waals surface area (Å²) in [6.45, 7) is 2.23. The quantitative estimate of drug-likeness (QED) is 0.538. The molecule has 0 aromatic heterocycles. The van der Waals surface area contributed by atoms with Crippen LogP contribution >= 0.6 is 0 Å². The first kappa shape index (κ1) is 21.7. The number of methoxy groups -OCH3 is 1. The third-order valence-electron chi connectivity index (χ3n) is 6.55. The van der Waals surface area contributed by atoms with Crippen LogP contribution in [0.1, 0.15) is 23.5 Å². The molecule has 0 radical (unpaired) electrons. The summed E-state index contributed by atoms with van der Waals surface area (Å²) in [5, 5.41) is 2.21. The predicted octanol–water partition coefficient (Wildman–Crippen LogP) is 4.36. The molecule has 0 N–H and O–H groups in total. The summed E-state index contributed by atoms with van der Waals surface area (Å²) in [5.41, 5.74) is 2.00. The molecule has 2 heterocycles. The number of carbonyl (C=O) groups excluding carboxylic acids is 1. The molecule has 6 nitrogen and oxygen atoms in total.